The number of halogens is 1. The summed E-state index contributed by atoms with van der Waals surface area (Å²) in [6.45, 7) is 3.75. The molecule has 2 aromatic carbocycles. The van der Waals surface area contributed by atoms with E-state index >= 15 is 0 Å². The van der Waals surface area contributed by atoms with E-state index in [0.717, 1.165) is 0 Å². The second-order valence-electron chi connectivity index (χ2n) is 5.62. The summed E-state index contributed by atoms with van der Waals surface area (Å²) in [5.41, 5.74) is 1.34. The highest BCUT2D eigenvalue weighted by molar-refractivity contribution is 7.80. The van der Waals surface area contributed by atoms with E-state index in [1.165, 1.54) is 24.3 Å². The molecule has 0 aliphatic rings. The summed E-state index contributed by atoms with van der Waals surface area (Å²) in [4.78, 5) is 24.0. The Kier molecular flexibility index (Phi) is 6.19. The molecule has 25 heavy (non-hydrogen) atoms. The minimum Gasteiger partial charge on any atom is -0.350 e. The first kappa shape index (κ1) is 18.5. The number of carbonyl (C=O) groups is 2. The van der Waals surface area contributed by atoms with Gasteiger partial charge in [0.05, 0.1) is 0 Å². The van der Waals surface area contributed by atoms with Crippen molar-refractivity contribution < 1.29 is 14.0 Å². The van der Waals surface area contributed by atoms with Crippen LogP contribution < -0.4 is 16.0 Å². The molecule has 0 spiro atoms. The van der Waals surface area contributed by atoms with Crippen molar-refractivity contribution in [1.82, 2.24) is 10.6 Å². The van der Waals surface area contributed by atoms with Crippen LogP contribution in [0.2, 0.25) is 0 Å². The van der Waals surface area contributed by atoms with E-state index in [2.05, 4.69) is 16.0 Å². The molecule has 2 rings (SSSR count). The summed E-state index contributed by atoms with van der Waals surface area (Å²) >= 11 is 5.10. The fraction of sp³-hybridized carbons (Fsp3) is 0.167. The van der Waals surface area contributed by atoms with E-state index in [-0.39, 0.29) is 22.6 Å². The van der Waals surface area contributed by atoms with Crippen molar-refractivity contribution in [2.75, 3.05) is 5.32 Å². The van der Waals surface area contributed by atoms with Crippen molar-refractivity contribution in [2.45, 2.75) is 19.9 Å². The van der Waals surface area contributed by atoms with Crippen LogP contribution in [0.25, 0.3) is 0 Å². The summed E-state index contributed by atoms with van der Waals surface area (Å²) in [7, 11) is 0. The average Bonchev–Trinajstić information content (AvgIpc) is 2.54. The molecule has 3 N–H and O–H groups in total. The molecule has 5 nitrogen and oxygen atoms in total. The first-order chi connectivity index (χ1) is 11.8. The van der Waals surface area contributed by atoms with Gasteiger partial charge in [0.1, 0.15) is 5.82 Å². The Morgan fingerprint density at radius 3 is 2.32 bits per heavy atom. The molecule has 0 radical (unpaired) electrons. The summed E-state index contributed by atoms with van der Waals surface area (Å²) in [6, 6.07) is 11.9. The highest BCUT2D eigenvalue weighted by Crippen LogP contribution is 2.11. The predicted molar refractivity (Wildman–Crippen MR) is 99.1 cm³/mol. The van der Waals surface area contributed by atoms with E-state index in [9.17, 15) is 14.0 Å². The van der Waals surface area contributed by atoms with E-state index in [1.807, 2.05) is 13.8 Å². The van der Waals surface area contributed by atoms with Crippen molar-refractivity contribution in [3.63, 3.8) is 0 Å². The van der Waals surface area contributed by atoms with E-state index < -0.39 is 11.7 Å². The lowest BCUT2D eigenvalue weighted by atomic mass is 10.2. The van der Waals surface area contributed by atoms with E-state index in [1.54, 1.807) is 24.3 Å². The molecule has 0 atom stereocenters. The van der Waals surface area contributed by atoms with Gasteiger partial charge in [-0.1, -0.05) is 6.07 Å². The van der Waals surface area contributed by atoms with Gasteiger partial charge in [-0.3, -0.25) is 14.9 Å². The van der Waals surface area contributed by atoms with Gasteiger partial charge in [-0.25, -0.2) is 4.39 Å². The molecule has 0 heterocycles. The molecule has 0 fully saturated rings. The number of thiocarbonyl (C=S) groups is 1. The highest BCUT2D eigenvalue weighted by Gasteiger charge is 2.10. The first-order valence-electron chi connectivity index (χ1n) is 7.64. The maximum atomic E-state index is 12.9. The molecular formula is C18H18FN3O2S. The molecule has 0 aliphatic heterocycles. The Morgan fingerprint density at radius 1 is 1.00 bits per heavy atom. The van der Waals surface area contributed by atoms with Gasteiger partial charge in [-0.2, -0.15) is 0 Å². The maximum Gasteiger partial charge on any atom is 0.257 e. The van der Waals surface area contributed by atoms with Crippen LogP contribution in [0.1, 0.15) is 34.6 Å². The number of anilines is 1. The lowest BCUT2D eigenvalue weighted by molar-refractivity contribution is 0.0941. The number of benzene rings is 2. The van der Waals surface area contributed by atoms with Crippen LogP contribution in [0.5, 0.6) is 0 Å². The number of nitrogens with one attached hydrogen (secondary N) is 3. The zero-order chi connectivity index (χ0) is 18.4. The molecule has 0 unspecified atom stereocenters. The van der Waals surface area contributed by atoms with Gasteiger partial charge in [-0.15, -0.1) is 0 Å². The molecule has 0 aliphatic carbocycles. The SMILES string of the molecule is CC(C)NC(=O)c1cccc(NC(=S)NC(=O)c2ccc(F)cc2)c1. The predicted octanol–water partition coefficient (Wildman–Crippen LogP) is 3.09. The molecule has 2 aromatic rings. The summed E-state index contributed by atoms with van der Waals surface area (Å²) in [5.74, 6) is -1.07. The van der Waals surface area contributed by atoms with Crippen LogP contribution in [-0.2, 0) is 0 Å². The minimum absolute atomic E-state index is 0.0280. The van der Waals surface area contributed by atoms with Crippen molar-refractivity contribution in [2.24, 2.45) is 0 Å². The van der Waals surface area contributed by atoms with E-state index in [0.29, 0.717) is 11.3 Å². The van der Waals surface area contributed by atoms with Crippen LogP contribution in [0, 0.1) is 5.82 Å². The Morgan fingerprint density at radius 2 is 1.68 bits per heavy atom. The van der Waals surface area contributed by atoms with Crippen molar-refractivity contribution >= 4 is 34.8 Å². The highest BCUT2D eigenvalue weighted by atomic mass is 32.1. The molecule has 2 amide bonds. The van der Waals surface area contributed by atoms with Gasteiger partial charge >= 0.3 is 0 Å². The zero-order valence-electron chi connectivity index (χ0n) is 13.8. The average molecular weight is 359 g/mol. The monoisotopic (exact) mass is 359 g/mol. The fourth-order valence-electron chi connectivity index (χ4n) is 2.02. The third-order valence-corrected chi connectivity index (χ3v) is 3.34. The standard InChI is InChI=1S/C18H18FN3O2S/c1-11(2)20-17(24)13-4-3-5-15(10-13)21-18(25)22-16(23)12-6-8-14(19)9-7-12/h3-11H,1-2H3,(H,20,24)(H2,21,22,23,25). The van der Waals surface area contributed by atoms with Crippen molar-refractivity contribution in [3.05, 3.63) is 65.5 Å². The summed E-state index contributed by atoms with van der Waals surface area (Å²) < 4.78 is 12.9. The summed E-state index contributed by atoms with van der Waals surface area (Å²) in [6.07, 6.45) is 0. The number of carbonyl (C=O) groups excluding carboxylic acids is 2. The van der Waals surface area contributed by atoms with Gasteiger partial charge in [-0.05, 0) is 68.5 Å². The molecule has 0 aromatic heterocycles. The number of hydrogen-bond acceptors (Lipinski definition) is 3. The van der Waals surface area contributed by atoms with Gasteiger partial charge < -0.3 is 10.6 Å². The van der Waals surface area contributed by atoms with Gasteiger partial charge in [0, 0.05) is 22.9 Å². The van der Waals surface area contributed by atoms with Crippen LogP contribution in [-0.4, -0.2) is 23.0 Å². The second kappa shape index (κ2) is 8.34. The fourth-order valence-corrected chi connectivity index (χ4v) is 2.23. The molecule has 130 valence electrons. The van der Waals surface area contributed by atoms with Gasteiger partial charge in [0.15, 0.2) is 5.11 Å². The minimum atomic E-state index is -0.453. The van der Waals surface area contributed by atoms with Crippen LogP contribution >= 0.6 is 12.2 Å². The normalized spacial score (nSPS) is 10.2. The Balaban J connectivity index is 1.99. The quantitative estimate of drug-likeness (QED) is 0.734. The third kappa shape index (κ3) is 5.65. The topological polar surface area (TPSA) is 70.2 Å². The lowest BCUT2D eigenvalue weighted by Crippen LogP contribution is -2.34. The molecule has 0 bridgehead atoms. The largest absolute Gasteiger partial charge is 0.350 e. The number of rotatable bonds is 4. The smallest absolute Gasteiger partial charge is 0.257 e. The first-order valence-corrected chi connectivity index (χ1v) is 8.05. The van der Waals surface area contributed by atoms with Crippen molar-refractivity contribution in [1.29, 1.82) is 0 Å². The number of hydrogen-bond donors (Lipinski definition) is 3. The molecule has 7 heteroatoms. The Hall–Kier alpha value is -2.80. The Bertz CT molecular complexity index is 791. The molecule has 0 saturated heterocycles. The molecule has 0 saturated carbocycles. The van der Waals surface area contributed by atoms with Crippen LogP contribution in [0.3, 0.4) is 0 Å². The lowest BCUT2D eigenvalue weighted by Gasteiger charge is -2.12. The molecular weight excluding hydrogens is 341 g/mol. The Labute approximate surface area is 150 Å². The summed E-state index contributed by atoms with van der Waals surface area (Å²) in [5, 5.41) is 8.23. The third-order valence-electron chi connectivity index (χ3n) is 3.14. The van der Waals surface area contributed by atoms with Crippen LogP contribution in [0.15, 0.2) is 48.5 Å². The second-order valence-corrected chi connectivity index (χ2v) is 6.03. The van der Waals surface area contributed by atoms with Gasteiger partial charge in [0.2, 0.25) is 0 Å². The van der Waals surface area contributed by atoms with Crippen LogP contribution in [0.4, 0.5) is 10.1 Å². The van der Waals surface area contributed by atoms with Crippen molar-refractivity contribution in [3.8, 4) is 0 Å². The maximum absolute atomic E-state index is 12.9. The van der Waals surface area contributed by atoms with Gasteiger partial charge in [0.25, 0.3) is 11.8 Å². The zero-order valence-corrected chi connectivity index (χ0v) is 14.6. The number of amides is 2. The van der Waals surface area contributed by atoms with E-state index in [4.69, 9.17) is 12.2 Å².